The molecule has 4 heteroatoms. The second-order valence-corrected chi connectivity index (χ2v) is 5.75. The molecule has 0 radical (unpaired) electrons. The number of ketones is 1. The molecule has 4 nitrogen and oxygen atoms in total. The second kappa shape index (κ2) is 8.57. The minimum absolute atomic E-state index is 0.0413. The average molecular weight is 290 g/mol. The maximum Gasteiger partial charge on any atom is 0.220 e. The van der Waals surface area contributed by atoms with Crippen molar-refractivity contribution >= 4 is 11.7 Å². The molecule has 0 unspecified atom stereocenters. The highest BCUT2D eigenvalue weighted by atomic mass is 16.2. The van der Waals surface area contributed by atoms with Crippen LogP contribution < -0.4 is 5.32 Å². The van der Waals surface area contributed by atoms with Crippen LogP contribution in [0, 0.1) is 13.8 Å². The van der Waals surface area contributed by atoms with Gasteiger partial charge in [-0.2, -0.15) is 0 Å². The third-order valence-electron chi connectivity index (χ3n) is 3.38. The third-order valence-corrected chi connectivity index (χ3v) is 3.38. The number of hydrogen-bond donors (Lipinski definition) is 1. The van der Waals surface area contributed by atoms with Gasteiger partial charge >= 0.3 is 0 Å². The summed E-state index contributed by atoms with van der Waals surface area (Å²) in [5, 5.41) is 2.85. The van der Waals surface area contributed by atoms with E-state index in [2.05, 4.69) is 10.2 Å². The van der Waals surface area contributed by atoms with Crippen molar-refractivity contribution in [2.45, 2.75) is 33.1 Å². The van der Waals surface area contributed by atoms with Crippen molar-refractivity contribution in [3.05, 3.63) is 34.9 Å². The Morgan fingerprint density at radius 1 is 1.14 bits per heavy atom. The van der Waals surface area contributed by atoms with Crippen LogP contribution in [0.3, 0.4) is 0 Å². The molecule has 0 aliphatic heterocycles. The first-order valence-electron chi connectivity index (χ1n) is 7.42. The Morgan fingerprint density at radius 3 is 2.52 bits per heavy atom. The fourth-order valence-corrected chi connectivity index (χ4v) is 2.11. The molecule has 21 heavy (non-hydrogen) atoms. The predicted molar refractivity (Wildman–Crippen MR) is 85.7 cm³/mol. The molecule has 0 saturated heterocycles. The smallest absolute Gasteiger partial charge is 0.220 e. The molecular formula is C17H26N2O2. The average Bonchev–Trinajstić information content (AvgIpc) is 2.43. The summed E-state index contributed by atoms with van der Waals surface area (Å²) < 4.78 is 0. The summed E-state index contributed by atoms with van der Waals surface area (Å²) >= 11 is 0. The molecule has 1 aromatic rings. The summed E-state index contributed by atoms with van der Waals surface area (Å²) in [5.41, 5.74) is 2.77. The maximum absolute atomic E-state index is 12.2. The van der Waals surface area contributed by atoms with E-state index in [1.54, 1.807) is 0 Å². The first-order chi connectivity index (χ1) is 9.90. The predicted octanol–water partition coefficient (Wildman–Crippen LogP) is 2.33. The van der Waals surface area contributed by atoms with E-state index in [-0.39, 0.29) is 24.5 Å². The number of amides is 1. The van der Waals surface area contributed by atoms with Crippen molar-refractivity contribution in [1.29, 1.82) is 0 Å². The van der Waals surface area contributed by atoms with Gasteiger partial charge in [-0.25, -0.2) is 0 Å². The van der Waals surface area contributed by atoms with Gasteiger partial charge in [0.1, 0.15) is 0 Å². The Bertz CT molecular complexity index is 496. The van der Waals surface area contributed by atoms with E-state index in [0.717, 1.165) is 29.7 Å². The molecule has 0 bridgehead atoms. The Balaban J connectivity index is 2.35. The van der Waals surface area contributed by atoms with Crippen LogP contribution in [0.1, 0.15) is 40.7 Å². The van der Waals surface area contributed by atoms with E-state index in [1.807, 2.05) is 46.1 Å². The minimum Gasteiger partial charge on any atom is -0.356 e. The molecule has 0 spiro atoms. The Kier molecular flexibility index (Phi) is 7.09. The SMILES string of the molecule is Cc1ccc(C)c(C(=O)CCC(=O)NCCCN(C)C)c1. The third kappa shape index (κ3) is 6.54. The number of Topliss-reactive ketones (excluding diaryl/α,β-unsaturated/α-hetero) is 1. The number of carbonyl (C=O) groups is 2. The molecule has 0 fully saturated rings. The molecule has 0 aromatic heterocycles. The number of benzene rings is 1. The maximum atomic E-state index is 12.2. The van der Waals surface area contributed by atoms with Gasteiger partial charge < -0.3 is 10.2 Å². The van der Waals surface area contributed by atoms with Gasteiger partial charge in [0.25, 0.3) is 0 Å². The van der Waals surface area contributed by atoms with Crippen LogP contribution in [0.4, 0.5) is 0 Å². The lowest BCUT2D eigenvalue weighted by atomic mass is 9.99. The fourth-order valence-electron chi connectivity index (χ4n) is 2.11. The molecule has 116 valence electrons. The van der Waals surface area contributed by atoms with Crippen molar-refractivity contribution in [3.8, 4) is 0 Å². The van der Waals surface area contributed by atoms with Gasteiger partial charge in [0, 0.05) is 24.9 Å². The normalized spacial score (nSPS) is 10.7. The first kappa shape index (κ1) is 17.4. The molecule has 1 N–H and O–H groups in total. The summed E-state index contributed by atoms with van der Waals surface area (Å²) in [7, 11) is 4.01. The van der Waals surface area contributed by atoms with Crippen LogP contribution in [-0.4, -0.2) is 43.8 Å². The number of nitrogens with zero attached hydrogens (tertiary/aromatic N) is 1. The Hall–Kier alpha value is -1.68. The summed E-state index contributed by atoms with van der Waals surface area (Å²) in [5.74, 6) is -0.00736. The van der Waals surface area contributed by atoms with Crippen molar-refractivity contribution in [3.63, 3.8) is 0 Å². The topological polar surface area (TPSA) is 49.4 Å². The van der Waals surface area contributed by atoms with E-state index >= 15 is 0 Å². The highest BCUT2D eigenvalue weighted by molar-refractivity contribution is 5.99. The van der Waals surface area contributed by atoms with Gasteiger partial charge in [-0.15, -0.1) is 0 Å². The van der Waals surface area contributed by atoms with Crippen LogP contribution in [0.25, 0.3) is 0 Å². The zero-order valence-electron chi connectivity index (χ0n) is 13.5. The molecule has 0 saturated carbocycles. The molecule has 1 amide bonds. The van der Waals surface area contributed by atoms with Crippen LogP contribution in [0.2, 0.25) is 0 Å². The van der Waals surface area contributed by atoms with Crippen LogP contribution in [0.15, 0.2) is 18.2 Å². The van der Waals surface area contributed by atoms with Gasteiger partial charge in [-0.1, -0.05) is 17.7 Å². The van der Waals surface area contributed by atoms with E-state index in [1.165, 1.54) is 0 Å². The summed E-state index contributed by atoms with van der Waals surface area (Å²) in [4.78, 5) is 25.9. The van der Waals surface area contributed by atoms with Crippen molar-refractivity contribution in [2.24, 2.45) is 0 Å². The number of nitrogens with one attached hydrogen (secondary N) is 1. The van der Waals surface area contributed by atoms with E-state index in [9.17, 15) is 9.59 Å². The highest BCUT2D eigenvalue weighted by Crippen LogP contribution is 2.13. The minimum atomic E-state index is -0.0487. The zero-order valence-corrected chi connectivity index (χ0v) is 13.5. The van der Waals surface area contributed by atoms with Crippen molar-refractivity contribution < 1.29 is 9.59 Å². The van der Waals surface area contributed by atoms with E-state index < -0.39 is 0 Å². The lowest BCUT2D eigenvalue weighted by Gasteiger charge is -2.10. The number of carbonyl (C=O) groups excluding carboxylic acids is 2. The van der Waals surface area contributed by atoms with Crippen molar-refractivity contribution in [2.75, 3.05) is 27.2 Å². The van der Waals surface area contributed by atoms with Crippen LogP contribution >= 0.6 is 0 Å². The molecule has 1 rings (SSSR count). The standard InChI is InChI=1S/C17H26N2O2/c1-13-6-7-14(2)15(12-13)16(20)8-9-17(21)18-10-5-11-19(3)4/h6-7,12H,5,8-11H2,1-4H3,(H,18,21). The molecule has 1 aromatic carbocycles. The lowest BCUT2D eigenvalue weighted by molar-refractivity contribution is -0.121. The summed E-state index contributed by atoms with van der Waals surface area (Å²) in [6, 6.07) is 5.83. The molecule has 0 atom stereocenters. The lowest BCUT2D eigenvalue weighted by Crippen LogP contribution is -2.27. The number of aryl methyl sites for hydroxylation is 2. The molecule has 0 aliphatic rings. The van der Waals surface area contributed by atoms with Gasteiger partial charge in [0.05, 0.1) is 0 Å². The quantitative estimate of drug-likeness (QED) is 0.590. The highest BCUT2D eigenvalue weighted by Gasteiger charge is 2.11. The number of rotatable bonds is 8. The molecule has 0 heterocycles. The van der Waals surface area contributed by atoms with Crippen LogP contribution in [-0.2, 0) is 4.79 Å². The van der Waals surface area contributed by atoms with Gasteiger partial charge in [0.2, 0.25) is 5.91 Å². The monoisotopic (exact) mass is 290 g/mol. The molecular weight excluding hydrogens is 264 g/mol. The Morgan fingerprint density at radius 2 is 1.86 bits per heavy atom. The number of hydrogen-bond acceptors (Lipinski definition) is 3. The van der Waals surface area contributed by atoms with Gasteiger partial charge in [-0.05, 0) is 52.5 Å². The largest absolute Gasteiger partial charge is 0.356 e. The van der Waals surface area contributed by atoms with Gasteiger partial charge in [-0.3, -0.25) is 9.59 Å². The van der Waals surface area contributed by atoms with E-state index in [0.29, 0.717) is 6.54 Å². The zero-order chi connectivity index (χ0) is 15.8. The Labute approximate surface area is 127 Å². The van der Waals surface area contributed by atoms with Gasteiger partial charge in [0.15, 0.2) is 5.78 Å². The van der Waals surface area contributed by atoms with E-state index in [4.69, 9.17) is 0 Å². The van der Waals surface area contributed by atoms with Crippen molar-refractivity contribution in [1.82, 2.24) is 10.2 Å². The fraction of sp³-hybridized carbons (Fsp3) is 0.529. The summed E-state index contributed by atoms with van der Waals surface area (Å²) in [6.45, 7) is 5.50. The first-order valence-corrected chi connectivity index (χ1v) is 7.42. The second-order valence-electron chi connectivity index (χ2n) is 5.75. The summed E-state index contributed by atoms with van der Waals surface area (Å²) in [6.07, 6.45) is 1.45. The van der Waals surface area contributed by atoms with Crippen LogP contribution in [0.5, 0.6) is 0 Å². The molecule has 0 aliphatic carbocycles.